The highest BCUT2D eigenvalue weighted by Gasteiger charge is 2.12. The summed E-state index contributed by atoms with van der Waals surface area (Å²) in [7, 11) is 0. The molecule has 1 atom stereocenters. The maximum atomic E-state index is 6.17. The lowest BCUT2D eigenvalue weighted by molar-refractivity contribution is 0.693. The van der Waals surface area contributed by atoms with Crippen molar-refractivity contribution in [2.24, 2.45) is 0 Å². The molecule has 2 rings (SSSR count). The topological polar surface area (TPSA) is 0 Å². The molecule has 0 N–H and O–H groups in total. The van der Waals surface area contributed by atoms with E-state index in [0.29, 0.717) is 0 Å². The van der Waals surface area contributed by atoms with Crippen LogP contribution in [-0.2, 0) is 6.42 Å². The first-order chi connectivity index (χ1) is 7.65. The van der Waals surface area contributed by atoms with E-state index >= 15 is 0 Å². The molecule has 0 saturated heterocycles. The van der Waals surface area contributed by atoms with Crippen molar-refractivity contribution in [1.29, 1.82) is 0 Å². The first-order valence-corrected chi connectivity index (χ1v) is 6.48. The zero-order valence-electron chi connectivity index (χ0n) is 10.1. The van der Waals surface area contributed by atoms with Crippen molar-refractivity contribution in [3.63, 3.8) is 0 Å². The molecule has 0 fully saturated rings. The van der Waals surface area contributed by atoms with Gasteiger partial charge in [-0.1, -0.05) is 35.4 Å². The third-order valence-corrected chi connectivity index (χ3v) is 3.66. The number of benzene rings is 1. The fraction of sp³-hybridized carbons (Fsp3) is 0.467. The van der Waals surface area contributed by atoms with E-state index in [-0.39, 0.29) is 5.38 Å². The van der Waals surface area contributed by atoms with Crippen LogP contribution in [0.1, 0.15) is 36.0 Å². The quantitative estimate of drug-likeness (QED) is 0.520. The van der Waals surface area contributed by atoms with Gasteiger partial charge in [0, 0.05) is 0 Å². The van der Waals surface area contributed by atoms with Crippen molar-refractivity contribution < 1.29 is 0 Å². The summed E-state index contributed by atoms with van der Waals surface area (Å²) >= 11 is 6.17. The molecule has 1 aromatic carbocycles. The van der Waals surface area contributed by atoms with Crippen LogP contribution in [0.3, 0.4) is 0 Å². The number of halogens is 1. The lowest BCUT2D eigenvalue weighted by Gasteiger charge is -2.17. The Hall–Kier alpha value is -0.750. The molecule has 0 bridgehead atoms. The van der Waals surface area contributed by atoms with E-state index in [1.807, 2.05) is 0 Å². The van der Waals surface area contributed by atoms with Gasteiger partial charge in [-0.15, -0.1) is 11.6 Å². The average molecular weight is 235 g/mol. The summed E-state index contributed by atoms with van der Waals surface area (Å²) in [6.07, 6.45) is 6.93. The van der Waals surface area contributed by atoms with E-state index in [1.165, 1.54) is 35.1 Å². The molecular weight excluding hydrogens is 216 g/mol. The molecule has 86 valence electrons. The van der Waals surface area contributed by atoms with E-state index in [4.69, 9.17) is 11.6 Å². The largest absolute Gasteiger partial charge is 0.118 e. The fourth-order valence-corrected chi connectivity index (χ4v) is 2.66. The Labute approximate surface area is 103 Å². The van der Waals surface area contributed by atoms with Gasteiger partial charge in [0.15, 0.2) is 0 Å². The van der Waals surface area contributed by atoms with E-state index in [9.17, 15) is 0 Å². The van der Waals surface area contributed by atoms with Crippen LogP contribution in [0.25, 0.3) is 0 Å². The molecule has 1 unspecified atom stereocenters. The lowest BCUT2D eigenvalue weighted by Crippen LogP contribution is -2.05. The number of alkyl halides is 1. The third-order valence-electron chi connectivity index (χ3n) is 3.32. The van der Waals surface area contributed by atoms with Gasteiger partial charge in [-0.2, -0.15) is 0 Å². The minimum absolute atomic E-state index is 0.258. The number of hydrogen-bond acceptors (Lipinski definition) is 0. The number of rotatable bonds is 2. The van der Waals surface area contributed by atoms with Crippen molar-refractivity contribution in [3.05, 3.63) is 46.5 Å². The summed E-state index contributed by atoms with van der Waals surface area (Å²) < 4.78 is 0. The normalized spacial score (nSPS) is 20.7. The number of aryl methyl sites for hydroxylation is 2. The standard InChI is InChI=1S/C15H19Cl/c1-11-6-7-12(2)14(8-11)9-13-4-3-5-15(16)10-13/h6-8,10,15H,3-5,9H2,1-2H3. The van der Waals surface area contributed by atoms with Gasteiger partial charge >= 0.3 is 0 Å². The summed E-state index contributed by atoms with van der Waals surface area (Å²) in [6, 6.07) is 6.69. The zero-order valence-corrected chi connectivity index (χ0v) is 10.8. The molecule has 0 saturated carbocycles. The predicted octanol–water partition coefficient (Wildman–Crippen LogP) is 4.56. The molecule has 0 heterocycles. The van der Waals surface area contributed by atoms with Crippen LogP contribution in [0.5, 0.6) is 0 Å². The van der Waals surface area contributed by atoms with Gasteiger partial charge in [0.25, 0.3) is 0 Å². The second-order valence-electron chi connectivity index (χ2n) is 4.84. The SMILES string of the molecule is Cc1ccc(C)c(CC2=CC(Cl)CCC2)c1. The van der Waals surface area contributed by atoms with Crippen LogP contribution in [-0.4, -0.2) is 5.38 Å². The van der Waals surface area contributed by atoms with E-state index in [2.05, 4.69) is 38.1 Å². The van der Waals surface area contributed by atoms with Crippen LogP contribution in [0.2, 0.25) is 0 Å². The van der Waals surface area contributed by atoms with Crippen LogP contribution in [0.15, 0.2) is 29.8 Å². The monoisotopic (exact) mass is 234 g/mol. The van der Waals surface area contributed by atoms with Crippen LogP contribution < -0.4 is 0 Å². The number of allylic oxidation sites excluding steroid dienone is 2. The first kappa shape index (κ1) is 11.7. The van der Waals surface area contributed by atoms with Crippen LogP contribution >= 0.6 is 11.6 Å². The third kappa shape index (κ3) is 2.89. The van der Waals surface area contributed by atoms with Gasteiger partial charge in [0.1, 0.15) is 0 Å². The molecular formula is C15H19Cl. The van der Waals surface area contributed by atoms with E-state index in [0.717, 1.165) is 12.8 Å². The van der Waals surface area contributed by atoms with Crippen LogP contribution in [0.4, 0.5) is 0 Å². The van der Waals surface area contributed by atoms with Gasteiger partial charge in [0.2, 0.25) is 0 Å². The van der Waals surface area contributed by atoms with Gasteiger partial charge in [-0.05, 0) is 50.7 Å². The molecule has 0 aliphatic heterocycles. The average Bonchev–Trinajstić information content (AvgIpc) is 2.24. The molecule has 1 heteroatoms. The Bertz CT molecular complexity index is 404. The van der Waals surface area contributed by atoms with Crippen molar-refractivity contribution in [3.8, 4) is 0 Å². The molecule has 0 aromatic heterocycles. The van der Waals surface area contributed by atoms with Gasteiger partial charge in [-0.3, -0.25) is 0 Å². The predicted molar refractivity (Wildman–Crippen MR) is 71.2 cm³/mol. The molecule has 1 aliphatic rings. The summed E-state index contributed by atoms with van der Waals surface area (Å²) in [5.74, 6) is 0. The highest BCUT2D eigenvalue weighted by molar-refractivity contribution is 6.21. The second kappa shape index (κ2) is 5.05. The van der Waals surface area contributed by atoms with Gasteiger partial charge in [-0.25, -0.2) is 0 Å². The van der Waals surface area contributed by atoms with Crippen molar-refractivity contribution in [2.45, 2.75) is 44.9 Å². The summed E-state index contributed by atoms with van der Waals surface area (Å²) in [5, 5.41) is 0.258. The van der Waals surface area contributed by atoms with Gasteiger partial charge in [0.05, 0.1) is 5.38 Å². The maximum absolute atomic E-state index is 6.17. The van der Waals surface area contributed by atoms with Gasteiger partial charge < -0.3 is 0 Å². The second-order valence-corrected chi connectivity index (χ2v) is 5.40. The molecule has 0 radical (unpaired) electrons. The first-order valence-electron chi connectivity index (χ1n) is 6.05. The Morgan fingerprint density at radius 3 is 2.88 bits per heavy atom. The summed E-state index contributed by atoms with van der Waals surface area (Å²) in [5.41, 5.74) is 5.71. The molecule has 0 amide bonds. The Balaban J connectivity index is 2.17. The minimum Gasteiger partial charge on any atom is -0.118 e. The smallest absolute Gasteiger partial charge is 0.0518 e. The molecule has 0 nitrogen and oxygen atoms in total. The lowest BCUT2D eigenvalue weighted by atomic mass is 9.91. The highest BCUT2D eigenvalue weighted by Crippen LogP contribution is 2.25. The molecule has 16 heavy (non-hydrogen) atoms. The van der Waals surface area contributed by atoms with Crippen molar-refractivity contribution >= 4 is 11.6 Å². The Morgan fingerprint density at radius 2 is 2.12 bits per heavy atom. The van der Waals surface area contributed by atoms with Crippen LogP contribution in [0, 0.1) is 13.8 Å². The minimum atomic E-state index is 0.258. The summed E-state index contributed by atoms with van der Waals surface area (Å²) in [4.78, 5) is 0. The molecule has 1 aromatic rings. The highest BCUT2D eigenvalue weighted by atomic mass is 35.5. The molecule has 1 aliphatic carbocycles. The summed E-state index contributed by atoms with van der Waals surface area (Å²) in [6.45, 7) is 4.35. The Morgan fingerprint density at radius 1 is 1.31 bits per heavy atom. The van der Waals surface area contributed by atoms with E-state index in [1.54, 1.807) is 0 Å². The zero-order chi connectivity index (χ0) is 11.5. The molecule has 0 spiro atoms. The van der Waals surface area contributed by atoms with E-state index < -0.39 is 0 Å². The maximum Gasteiger partial charge on any atom is 0.0518 e. The van der Waals surface area contributed by atoms with Crippen molar-refractivity contribution in [1.82, 2.24) is 0 Å². The number of hydrogen-bond donors (Lipinski definition) is 0. The van der Waals surface area contributed by atoms with Crippen molar-refractivity contribution in [2.75, 3.05) is 0 Å². The fourth-order valence-electron chi connectivity index (χ4n) is 2.33. The Kier molecular flexibility index (Phi) is 3.70.